The smallest absolute Gasteiger partial charge is 0.144 e. The van der Waals surface area contributed by atoms with Crippen LogP contribution in [-0.2, 0) is 18.3 Å². The van der Waals surface area contributed by atoms with E-state index in [1.165, 1.54) is 0 Å². The van der Waals surface area contributed by atoms with Gasteiger partial charge in [0.1, 0.15) is 11.6 Å². The Balaban J connectivity index is 2.26. The van der Waals surface area contributed by atoms with Gasteiger partial charge in [-0.05, 0) is 18.1 Å². The lowest BCUT2D eigenvalue weighted by Gasteiger charge is -2.17. The van der Waals surface area contributed by atoms with E-state index in [0.717, 1.165) is 16.9 Å². The SMILES string of the molecule is CC(C)C(CN)C(=O)Cc1nc2ccccc2n1C. The second kappa shape index (κ2) is 5.53. The van der Waals surface area contributed by atoms with Gasteiger partial charge in [-0.1, -0.05) is 26.0 Å². The van der Waals surface area contributed by atoms with Crippen LogP contribution >= 0.6 is 0 Å². The molecule has 1 unspecified atom stereocenters. The molecule has 1 heterocycles. The summed E-state index contributed by atoms with van der Waals surface area (Å²) >= 11 is 0. The summed E-state index contributed by atoms with van der Waals surface area (Å²) in [7, 11) is 1.95. The van der Waals surface area contributed by atoms with Crippen LogP contribution in [0.4, 0.5) is 0 Å². The van der Waals surface area contributed by atoms with E-state index in [9.17, 15) is 4.79 Å². The van der Waals surface area contributed by atoms with Gasteiger partial charge in [-0.15, -0.1) is 0 Å². The third-order valence-electron chi connectivity index (χ3n) is 3.68. The minimum atomic E-state index is -0.0835. The first-order valence-electron chi connectivity index (χ1n) is 6.67. The molecule has 2 aromatic rings. The lowest BCUT2D eigenvalue weighted by Crippen LogP contribution is -2.30. The maximum absolute atomic E-state index is 12.3. The second-order valence-electron chi connectivity index (χ2n) is 5.31. The maximum Gasteiger partial charge on any atom is 0.144 e. The van der Waals surface area contributed by atoms with E-state index in [4.69, 9.17) is 5.73 Å². The predicted molar refractivity (Wildman–Crippen MR) is 76.8 cm³/mol. The number of fused-ring (bicyclic) bond motifs is 1. The zero-order chi connectivity index (χ0) is 14.0. The zero-order valence-electron chi connectivity index (χ0n) is 11.8. The van der Waals surface area contributed by atoms with Crippen LogP contribution in [0.1, 0.15) is 19.7 Å². The second-order valence-corrected chi connectivity index (χ2v) is 5.31. The number of Topliss-reactive ketones (excluding diaryl/α,β-unsaturated/α-hetero) is 1. The van der Waals surface area contributed by atoms with Crippen LogP contribution in [-0.4, -0.2) is 21.9 Å². The molecule has 2 rings (SSSR count). The van der Waals surface area contributed by atoms with E-state index in [2.05, 4.69) is 4.98 Å². The average molecular weight is 259 g/mol. The average Bonchev–Trinajstić information content (AvgIpc) is 2.67. The van der Waals surface area contributed by atoms with Gasteiger partial charge in [-0.2, -0.15) is 0 Å². The van der Waals surface area contributed by atoms with E-state index in [1.54, 1.807) is 0 Å². The molecule has 0 aliphatic heterocycles. The van der Waals surface area contributed by atoms with Crippen LogP contribution in [0.25, 0.3) is 11.0 Å². The monoisotopic (exact) mass is 259 g/mol. The van der Waals surface area contributed by atoms with E-state index in [0.29, 0.717) is 13.0 Å². The van der Waals surface area contributed by atoms with Crippen molar-refractivity contribution in [3.05, 3.63) is 30.1 Å². The van der Waals surface area contributed by atoms with Crippen molar-refractivity contribution in [2.75, 3.05) is 6.54 Å². The van der Waals surface area contributed by atoms with Gasteiger partial charge in [-0.25, -0.2) is 4.98 Å². The third-order valence-corrected chi connectivity index (χ3v) is 3.68. The fourth-order valence-corrected chi connectivity index (χ4v) is 2.42. The Morgan fingerprint density at radius 1 is 1.37 bits per heavy atom. The Bertz CT molecular complexity index is 586. The van der Waals surface area contributed by atoms with Crippen LogP contribution in [0.3, 0.4) is 0 Å². The zero-order valence-corrected chi connectivity index (χ0v) is 11.8. The highest BCUT2D eigenvalue weighted by Gasteiger charge is 2.22. The molecule has 1 aromatic heterocycles. The number of benzene rings is 1. The molecule has 0 radical (unpaired) electrons. The molecule has 4 heteroatoms. The number of aryl methyl sites for hydroxylation is 1. The number of hydrogen-bond acceptors (Lipinski definition) is 3. The molecular formula is C15H21N3O. The summed E-state index contributed by atoms with van der Waals surface area (Å²) < 4.78 is 1.99. The molecule has 0 bridgehead atoms. The van der Waals surface area contributed by atoms with Crippen molar-refractivity contribution in [1.29, 1.82) is 0 Å². The van der Waals surface area contributed by atoms with Crippen LogP contribution < -0.4 is 5.73 Å². The number of nitrogens with two attached hydrogens (primary N) is 1. The highest BCUT2D eigenvalue weighted by Crippen LogP contribution is 2.17. The minimum Gasteiger partial charge on any atom is -0.331 e. The van der Waals surface area contributed by atoms with Crippen LogP contribution in [0.2, 0.25) is 0 Å². The molecule has 0 aliphatic rings. The summed E-state index contributed by atoms with van der Waals surface area (Å²) in [4.78, 5) is 16.8. The van der Waals surface area contributed by atoms with Gasteiger partial charge in [0.15, 0.2) is 0 Å². The van der Waals surface area contributed by atoms with Crippen LogP contribution in [0.15, 0.2) is 24.3 Å². The fourth-order valence-electron chi connectivity index (χ4n) is 2.42. The van der Waals surface area contributed by atoms with E-state index < -0.39 is 0 Å². The van der Waals surface area contributed by atoms with Crippen molar-refractivity contribution >= 4 is 16.8 Å². The molecule has 1 aromatic carbocycles. The summed E-state index contributed by atoms with van der Waals surface area (Å²) in [6, 6.07) is 7.91. The highest BCUT2D eigenvalue weighted by molar-refractivity contribution is 5.84. The molecule has 19 heavy (non-hydrogen) atoms. The Labute approximate surface area is 113 Å². The summed E-state index contributed by atoms with van der Waals surface area (Å²) in [6.07, 6.45) is 0.352. The van der Waals surface area contributed by atoms with E-state index >= 15 is 0 Å². The molecule has 2 N–H and O–H groups in total. The summed E-state index contributed by atoms with van der Waals surface area (Å²) in [5, 5.41) is 0. The molecule has 0 amide bonds. The maximum atomic E-state index is 12.3. The van der Waals surface area contributed by atoms with E-state index in [1.807, 2.05) is 49.7 Å². The largest absolute Gasteiger partial charge is 0.331 e. The minimum absolute atomic E-state index is 0.0835. The number of imidazole rings is 1. The van der Waals surface area contributed by atoms with Crippen LogP contribution in [0.5, 0.6) is 0 Å². The number of para-hydroxylation sites is 2. The fraction of sp³-hybridized carbons (Fsp3) is 0.467. The molecule has 0 aliphatic carbocycles. The van der Waals surface area contributed by atoms with Gasteiger partial charge in [0.25, 0.3) is 0 Å². The standard InChI is InChI=1S/C15H21N3O/c1-10(2)11(9-16)14(19)8-15-17-12-6-4-5-7-13(12)18(15)3/h4-7,10-11H,8-9,16H2,1-3H3. The number of nitrogens with zero attached hydrogens (tertiary/aromatic N) is 2. The van der Waals surface area contributed by atoms with Crippen molar-refractivity contribution in [3.63, 3.8) is 0 Å². The molecule has 0 spiro atoms. The van der Waals surface area contributed by atoms with Gasteiger partial charge in [-0.3, -0.25) is 4.79 Å². The van der Waals surface area contributed by atoms with Crippen molar-refractivity contribution < 1.29 is 4.79 Å². The quantitative estimate of drug-likeness (QED) is 0.892. The number of rotatable bonds is 5. The van der Waals surface area contributed by atoms with Crippen molar-refractivity contribution in [1.82, 2.24) is 9.55 Å². The van der Waals surface area contributed by atoms with Gasteiger partial charge in [0, 0.05) is 19.5 Å². The van der Waals surface area contributed by atoms with Crippen LogP contribution in [0, 0.1) is 11.8 Å². The summed E-state index contributed by atoms with van der Waals surface area (Å²) in [6.45, 7) is 4.47. The highest BCUT2D eigenvalue weighted by atomic mass is 16.1. The summed E-state index contributed by atoms with van der Waals surface area (Å²) in [5.41, 5.74) is 7.68. The van der Waals surface area contributed by atoms with Crippen molar-refractivity contribution in [2.24, 2.45) is 24.6 Å². The number of hydrogen-bond donors (Lipinski definition) is 1. The molecule has 102 valence electrons. The third kappa shape index (κ3) is 2.68. The first-order valence-corrected chi connectivity index (χ1v) is 6.67. The van der Waals surface area contributed by atoms with Crippen molar-refractivity contribution in [3.8, 4) is 0 Å². The lowest BCUT2D eigenvalue weighted by molar-refractivity contribution is -0.123. The number of aromatic nitrogens is 2. The van der Waals surface area contributed by atoms with Gasteiger partial charge < -0.3 is 10.3 Å². The Morgan fingerprint density at radius 3 is 2.63 bits per heavy atom. The van der Waals surface area contributed by atoms with Crippen molar-refractivity contribution in [2.45, 2.75) is 20.3 Å². The number of ketones is 1. The molecule has 4 nitrogen and oxygen atoms in total. The molecule has 0 fully saturated rings. The Hall–Kier alpha value is -1.68. The predicted octanol–water partition coefficient (Wildman–Crippen LogP) is 1.92. The van der Waals surface area contributed by atoms with Gasteiger partial charge in [0.2, 0.25) is 0 Å². The van der Waals surface area contributed by atoms with E-state index in [-0.39, 0.29) is 17.6 Å². The topological polar surface area (TPSA) is 60.9 Å². The molecule has 0 saturated carbocycles. The van der Waals surface area contributed by atoms with Gasteiger partial charge in [0.05, 0.1) is 17.5 Å². The molecule has 0 saturated heterocycles. The Morgan fingerprint density at radius 2 is 2.05 bits per heavy atom. The Kier molecular flexibility index (Phi) is 4.00. The number of carbonyl (C=O) groups excluding carboxylic acids is 1. The lowest BCUT2D eigenvalue weighted by atomic mass is 9.90. The summed E-state index contributed by atoms with van der Waals surface area (Å²) in [5.74, 6) is 1.17. The number of carbonyl (C=O) groups is 1. The first kappa shape index (κ1) is 13.7. The molecular weight excluding hydrogens is 238 g/mol. The normalized spacial score (nSPS) is 13.1. The van der Waals surface area contributed by atoms with Gasteiger partial charge >= 0.3 is 0 Å². The first-order chi connectivity index (χ1) is 9.04. The molecule has 1 atom stereocenters.